The monoisotopic (exact) mass is 305 g/mol. The summed E-state index contributed by atoms with van der Waals surface area (Å²) in [6.07, 6.45) is 1.59. The number of nitrogens with zero attached hydrogens (tertiary/aromatic N) is 2. The zero-order chi connectivity index (χ0) is 15.1. The predicted octanol–water partition coefficient (Wildman–Crippen LogP) is 4.03. The third-order valence-corrected chi connectivity index (χ3v) is 3.72. The molecular weight excluding hydrogens is 293 g/mol. The Labute approximate surface area is 125 Å². The second-order valence-electron chi connectivity index (χ2n) is 4.75. The number of aromatic nitrogens is 2. The Kier molecular flexibility index (Phi) is 3.22. The lowest BCUT2D eigenvalue weighted by molar-refractivity contribution is 0.535. The number of nitrogens with two attached hydrogens (primary N) is 1. The highest BCUT2D eigenvalue weighted by molar-refractivity contribution is 6.33. The Balaban J connectivity index is 2.30. The molecule has 2 N–H and O–H groups in total. The van der Waals surface area contributed by atoms with E-state index in [2.05, 4.69) is 5.10 Å². The summed E-state index contributed by atoms with van der Waals surface area (Å²) in [5.74, 6) is 0.791. The van der Waals surface area contributed by atoms with E-state index in [4.69, 9.17) is 21.8 Å². The molecule has 0 amide bonds. The molecule has 2 aromatic heterocycles. The summed E-state index contributed by atoms with van der Waals surface area (Å²) in [6, 6.07) is 6.02. The van der Waals surface area contributed by atoms with Crippen LogP contribution >= 0.6 is 11.6 Å². The van der Waals surface area contributed by atoms with E-state index in [1.54, 1.807) is 24.1 Å². The quantitative estimate of drug-likeness (QED) is 0.777. The van der Waals surface area contributed by atoms with E-state index in [-0.39, 0.29) is 5.02 Å². The maximum atomic E-state index is 13.3. The van der Waals surface area contributed by atoms with Crippen molar-refractivity contribution >= 4 is 17.4 Å². The number of aryl methyl sites for hydroxylation is 2. The van der Waals surface area contributed by atoms with Gasteiger partial charge in [0.25, 0.3) is 0 Å². The van der Waals surface area contributed by atoms with Crippen LogP contribution in [0.15, 0.2) is 34.9 Å². The standard InChI is InChI=1S/C15H13ClFN3O/c1-8-10(5-6-21-8)14-13(15(18)20(2)19-14)11-4-3-9(17)7-12(11)16/h3-7H,18H2,1-2H3. The SMILES string of the molecule is Cc1occc1-c1nn(C)c(N)c1-c1ccc(F)cc1Cl. The first-order valence-electron chi connectivity index (χ1n) is 6.31. The summed E-state index contributed by atoms with van der Waals surface area (Å²) in [5, 5.41) is 4.72. The number of halogens is 2. The number of furan rings is 1. The molecule has 3 aromatic rings. The molecule has 0 unspecified atom stereocenters. The van der Waals surface area contributed by atoms with E-state index in [0.29, 0.717) is 22.6 Å². The van der Waals surface area contributed by atoms with Crippen LogP contribution < -0.4 is 5.73 Å². The maximum absolute atomic E-state index is 13.3. The van der Waals surface area contributed by atoms with Crippen molar-refractivity contribution in [3.05, 3.63) is 47.1 Å². The Morgan fingerprint density at radius 1 is 1.29 bits per heavy atom. The molecule has 0 atom stereocenters. The summed E-state index contributed by atoms with van der Waals surface area (Å²) in [4.78, 5) is 0. The molecule has 0 saturated heterocycles. The van der Waals surface area contributed by atoms with Gasteiger partial charge in [0.2, 0.25) is 0 Å². The van der Waals surface area contributed by atoms with Gasteiger partial charge in [0.1, 0.15) is 23.1 Å². The molecule has 6 heteroatoms. The van der Waals surface area contributed by atoms with Crippen molar-refractivity contribution in [2.75, 3.05) is 5.73 Å². The highest BCUT2D eigenvalue weighted by Gasteiger charge is 2.21. The molecule has 4 nitrogen and oxygen atoms in total. The molecule has 0 aliphatic carbocycles. The summed E-state index contributed by atoms with van der Waals surface area (Å²) in [7, 11) is 1.75. The molecule has 0 spiro atoms. The minimum atomic E-state index is -0.396. The molecule has 0 radical (unpaired) electrons. The molecule has 0 aliphatic rings. The van der Waals surface area contributed by atoms with Gasteiger partial charge < -0.3 is 10.2 Å². The zero-order valence-corrected chi connectivity index (χ0v) is 12.3. The fourth-order valence-corrected chi connectivity index (χ4v) is 2.58. The van der Waals surface area contributed by atoms with Gasteiger partial charge in [-0.2, -0.15) is 5.10 Å². The van der Waals surface area contributed by atoms with E-state index in [1.165, 1.54) is 12.1 Å². The molecule has 0 bridgehead atoms. The summed E-state index contributed by atoms with van der Waals surface area (Å²) in [6.45, 7) is 1.84. The molecular formula is C15H13ClFN3O. The van der Waals surface area contributed by atoms with Gasteiger partial charge >= 0.3 is 0 Å². The van der Waals surface area contributed by atoms with Gasteiger partial charge in [0.15, 0.2) is 0 Å². The maximum Gasteiger partial charge on any atom is 0.129 e. The normalized spacial score (nSPS) is 11.0. The molecule has 0 fully saturated rings. The molecule has 0 aliphatic heterocycles. The molecule has 21 heavy (non-hydrogen) atoms. The molecule has 0 saturated carbocycles. The summed E-state index contributed by atoms with van der Waals surface area (Å²) in [5.41, 5.74) is 8.92. The molecule has 108 valence electrons. The van der Waals surface area contributed by atoms with E-state index < -0.39 is 5.82 Å². The van der Waals surface area contributed by atoms with Crippen molar-refractivity contribution in [2.45, 2.75) is 6.92 Å². The first kappa shape index (κ1) is 13.7. The van der Waals surface area contributed by atoms with Crippen LogP contribution in [0, 0.1) is 12.7 Å². The van der Waals surface area contributed by atoms with E-state index in [9.17, 15) is 4.39 Å². The number of hydrogen-bond acceptors (Lipinski definition) is 3. The van der Waals surface area contributed by atoms with Gasteiger partial charge in [0.05, 0.1) is 16.8 Å². The zero-order valence-electron chi connectivity index (χ0n) is 11.5. The van der Waals surface area contributed by atoms with E-state index in [0.717, 1.165) is 11.3 Å². The highest BCUT2D eigenvalue weighted by Crippen LogP contribution is 2.40. The number of rotatable bonds is 2. The van der Waals surface area contributed by atoms with E-state index >= 15 is 0 Å². The lowest BCUT2D eigenvalue weighted by Crippen LogP contribution is -1.98. The van der Waals surface area contributed by atoms with Gasteiger partial charge in [-0.25, -0.2) is 4.39 Å². The fraction of sp³-hybridized carbons (Fsp3) is 0.133. The number of hydrogen-bond donors (Lipinski definition) is 1. The van der Waals surface area contributed by atoms with Crippen molar-refractivity contribution in [3.8, 4) is 22.4 Å². The van der Waals surface area contributed by atoms with Crippen LogP contribution in [0.25, 0.3) is 22.4 Å². The lowest BCUT2D eigenvalue weighted by Gasteiger charge is -2.06. The largest absolute Gasteiger partial charge is 0.469 e. The van der Waals surface area contributed by atoms with Gasteiger partial charge in [0, 0.05) is 18.2 Å². The van der Waals surface area contributed by atoms with Crippen LogP contribution in [-0.2, 0) is 7.05 Å². The van der Waals surface area contributed by atoms with Crippen molar-refractivity contribution in [2.24, 2.45) is 7.05 Å². The minimum Gasteiger partial charge on any atom is -0.469 e. The van der Waals surface area contributed by atoms with Crippen molar-refractivity contribution in [3.63, 3.8) is 0 Å². The number of benzene rings is 1. The van der Waals surface area contributed by atoms with Crippen LogP contribution in [0.5, 0.6) is 0 Å². The van der Waals surface area contributed by atoms with Gasteiger partial charge in [-0.3, -0.25) is 4.68 Å². The van der Waals surface area contributed by atoms with E-state index in [1.807, 2.05) is 13.0 Å². The average molecular weight is 306 g/mol. The second kappa shape index (κ2) is 4.93. The van der Waals surface area contributed by atoms with Crippen LogP contribution in [0.4, 0.5) is 10.2 Å². The summed E-state index contributed by atoms with van der Waals surface area (Å²) < 4.78 is 20.1. The van der Waals surface area contributed by atoms with Crippen molar-refractivity contribution < 1.29 is 8.81 Å². The molecule has 2 heterocycles. The Morgan fingerprint density at radius 2 is 2.05 bits per heavy atom. The Hall–Kier alpha value is -2.27. The number of anilines is 1. The van der Waals surface area contributed by atoms with Crippen molar-refractivity contribution in [1.82, 2.24) is 9.78 Å². The first-order chi connectivity index (χ1) is 9.99. The average Bonchev–Trinajstić information content (AvgIpc) is 2.96. The smallest absolute Gasteiger partial charge is 0.129 e. The number of nitrogen functional groups attached to an aromatic ring is 1. The Bertz CT molecular complexity index is 822. The molecule has 1 aromatic carbocycles. The Morgan fingerprint density at radius 3 is 2.67 bits per heavy atom. The lowest BCUT2D eigenvalue weighted by atomic mass is 10.0. The van der Waals surface area contributed by atoms with Crippen LogP contribution in [0.1, 0.15) is 5.76 Å². The summed E-state index contributed by atoms with van der Waals surface area (Å²) >= 11 is 6.16. The van der Waals surface area contributed by atoms with Gasteiger partial charge in [-0.05, 0) is 31.2 Å². The predicted molar refractivity (Wildman–Crippen MR) is 80.5 cm³/mol. The third-order valence-electron chi connectivity index (χ3n) is 3.41. The topological polar surface area (TPSA) is 57.0 Å². The van der Waals surface area contributed by atoms with Crippen molar-refractivity contribution in [1.29, 1.82) is 0 Å². The minimum absolute atomic E-state index is 0.289. The third kappa shape index (κ3) is 2.19. The molecule has 3 rings (SSSR count). The van der Waals surface area contributed by atoms with Crippen LogP contribution in [0.3, 0.4) is 0 Å². The van der Waals surface area contributed by atoms with Crippen LogP contribution in [-0.4, -0.2) is 9.78 Å². The van der Waals surface area contributed by atoms with Crippen LogP contribution in [0.2, 0.25) is 5.02 Å². The first-order valence-corrected chi connectivity index (χ1v) is 6.69. The second-order valence-corrected chi connectivity index (χ2v) is 5.15. The highest BCUT2D eigenvalue weighted by atomic mass is 35.5. The fourth-order valence-electron chi connectivity index (χ4n) is 2.31. The van der Waals surface area contributed by atoms with Gasteiger partial charge in [-0.1, -0.05) is 11.6 Å². The van der Waals surface area contributed by atoms with Gasteiger partial charge in [-0.15, -0.1) is 0 Å².